The van der Waals surface area contributed by atoms with Gasteiger partial charge in [0.25, 0.3) is 0 Å². The Kier molecular flexibility index (Phi) is 4.10. The van der Waals surface area contributed by atoms with Crippen LogP contribution >= 0.6 is 0 Å². The van der Waals surface area contributed by atoms with E-state index in [2.05, 4.69) is 9.71 Å². The standard InChI is InChI=1S/C13H12F2N2O2S/c1-9(12-4-2-3-7-16-12)17-20(18,19)13-8-10(14)5-6-11(13)15/h2-9,17H,1H3/t9-/m0/s1. The molecule has 1 N–H and O–H groups in total. The van der Waals surface area contributed by atoms with Gasteiger partial charge in [-0.2, -0.15) is 0 Å². The minimum Gasteiger partial charge on any atom is -0.260 e. The number of rotatable bonds is 4. The molecule has 0 saturated carbocycles. The van der Waals surface area contributed by atoms with Crippen LogP contribution in [0.25, 0.3) is 0 Å². The van der Waals surface area contributed by atoms with Crippen LogP contribution < -0.4 is 4.72 Å². The summed E-state index contributed by atoms with van der Waals surface area (Å²) in [4.78, 5) is 3.28. The lowest BCUT2D eigenvalue weighted by Crippen LogP contribution is -2.28. The highest BCUT2D eigenvalue weighted by atomic mass is 32.2. The van der Waals surface area contributed by atoms with Crippen LogP contribution in [0.15, 0.2) is 47.5 Å². The normalized spacial score (nSPS) is 13.2. The van der Waals surface area contributed by atoms with Gasteiger partial charge in [-0.3, -0.25) is 4.98 Å². The number of benzene rings is 1. The Morgan fingerprint density at radius 3 is 2.60 bits per heavy atom. The van der Waals surface area contributed by atoms with Gasteiger partial charge >= 0.3 is 0 Å². The third kappa shape index (κ3) is 3.17. The number of nitrogens with zero attached hydrogens (tertiary/aromatic N) is 1. The van der Waals surface area contributed by atoms with Crippen molar-refractivity contribution in [2.75, 3.05) is 0 Å². The van der Waals surface area contributed by atoms with E-state index in [0.29, 0.717) is 11.8 Å². The van der Waals surface area contributed by atoms with Gasteiger partial charge in [-0.15, -0.1) is 0 Å². The quantitative estimate of drug-likeness (QED) is 0.943. The van der Waals surface area contributed by atoms with Gasteiger partial charge < -0.3 is 0 Å². The zero-order chi connectivity index (χ0) is 14.8. The molecule has 0 spiro atoms. The summed E-state index contributed by atoms with van der Waals surface area (Å²) in [7, 11) is -4.17. The van der Waals surface area contributed by atoms with E-state index in [1.165, 1.54) is 6.20 Å². The lowest BCUT2D eigenvalue weighted by atomic mass is 10.2. The van der Waals surface area contributed by atoms with Crippen molar-refractivity contribution in [3.8, 4) is 0 Å². The zero-order valence-electron chi connectivity index (χ0n) is 10.5. The first kappa shape index (κ1) is 14.5. The molecule has 20 heavy (non-hydrogen) atoms. The minimum absolute atomic E-state index is 0.480. The number of hydrogen-bond donors (Lipinski definition) is 1. The molecule has 0 aliphatic rings. The van der Waals surface area contributed by atoms with Crippen molar-refractivity contribution in [2.45, 2.75) is 17.9 Å². The number of pyridine rings is 1. The van der Waals surface area contributed by atoms with Crippen LogP contribution in [0.2, 0.25) is 0 Å². The Balaban J connectivity index is 2.30. The minimum atomic E-state index is -4.17. The van der Waals surface area contributed by atoms with E-state index in [1.54, 1.807) is 25.1 Å². The smallest absolute Gasteiger partial charge is 0.244 e. The van der Waals surface area contributed by atoms with Crippen molar-refractivity contribution in [1.82, 2.24) is 9.71 Å². The zero-order valence-corrected chi connectivity index (χ0v) is 11.4. The molecule has 0 aliphatic heterocycles. The maximum atomic E-state index is 13.5. The first-order valence-electron chi connectivity index (χ1n) is 5.78. The van der Waals surface area contributed by atoms with Crippen molar-refractivity contribution >= 4 is 10.0 Å². The molecular formula is C13H12F2N2O2S. The summed E-state index contributed by atoms with van der Waals surface area (Å²) in [5.41, 5.74) is 0.480. The fraction of sp³-hybridized carbons (Fsp3) is 0.154. The third-order valence-corrected chi connectivity index (χ3v) is 4.20. The molecule has 1 heterocycles. The Morgan fingerprint density at radius 1 is 1.20 bits per heavy atom. The van der Waals surface area contributed by atoms with Crippen LogP contribution in [0.3, 0.4) is 0 Å². The first-order chi connectivity index (χ1) is 9.40. The van der Waals surface area contributed by atoms with Gasteiger partial charge in [0, 0.05) is 6.20 Å². The van der Waals surface area contributed by atoms with Crippen LogP contribution in [0.1, 0.15) is 18.7 Å². The van der Waals surface area contributed by atoms with Gasteiger partial charge in [0.05, 0.1) is 11.7 Å². The van der Waals surface area contributed by atoms with Crippen molar-refractivity contribution in [1.29, 1.82) is 0 Å². The van der Waals surface area contributed by atoms with E-state index in [1.807, 2.05) is 0 Å². The Morgan fingerprint density at radius 2 is 1.95 bits per heavy atom. The molecule has 106 valence electrons. The Labute approximate surface area is 115 Å². The summed E-state index contributed by atoms with van der Waals surface area (Å²) in [6, 6.07) is 6.64. The van der Waals surface area contributed by atoms with Crippen LogP contribution in [0.4, 0.5) is 8.78 Å². The van der Waals surface area contributed by atoms with Crippen molar-refractivity contribution < 1.29 is 17.2 Å². The van der Waals surface area contributed by atoms with E-state index in [9.17, 15) is 17.2 Å². The SMILES string of the molecule is C[C@H](NS(=O)(=O)c1cc(F)ccc1F)c1ccccn1. The molecule has 0 unspecified atom stereocenters. The summed E-state index contributed by atoms with van der Waals surface area (Å²) >= 11 is 0. The highest BCUT2D eigenvalue weighted by Crippen LogP contribution is 2.18. The number of hydrogen-bond acceptors (Lipinski definition) is 3. The predicted molar refractivity (Wildman–Crippen MR) is 69.3 cm³/mol. The molecule has 0 bridgehead atoms. The number of nitrogens with one attached hydrogen (secondary N) is 1. The summed E-state index contributed by atoms with van der Waals surface area (Å²) in [6.45, 7) is 1.57. The molecule has 2 rings (SSSR count). The summed E-state index contributed by atoms with van der Waals surface area (Å²) in [5.74, 6) is -1.83. The number of sulfonamides is 1. The van der Waals surface area contributed by atoms with Crippen LogP contribution in [0.5, 0.6) is 0 Å². The fourth-order valence-corrected chi connectivity index (χ4v) is 2.98. The molecule has 1 atom stereocenters. The van der Waals surface area contributed by atoms with Crippen molar-refractivity contribution in [3.05, 3.63) is 59.9 Å². The average Bonchev–Trinajstić information content (AvgIpc) is 2.42. The fourth-order valence-electron chi connectivity index (χ4n) is 1.67. The maximum Gasteiger partial charge on any atom is 0.244 e. The third-order valence-electron chi connectivity index (χ3n) is 2.65. The highest BCUT2D eigenvalue weighted by Gasteiger charge is 2.23. The van der Waals surface area contributed by atoms with E-state index in [0.717, 1.165) is 12.1 Å². The molecule has 1 aromatic heterocycles. The van der Waals surface area contributed by atoms with Gasteiger partial charge in [-0.05, 0) is 37.3 Å². The molecule has 0 saturated heterocycles. The van der Waals surface area contributed by atoms with Crippen LogP contribution in [0, 0.1) is 11.6 Å². The monoisotopic (exact) mass is 298 g/mol. The van der Waals surface area contributed by atoms with E-state index >= 15 is 0 Å². The maximum absolute atomic E-state index is 13.5. The molecule has 0 aliphatic carbocycles. The second kappa shape index (κ2) is 5.64. The van der Waals surface area contributed by atoms with Gasteiger partial charge in [-0.25, -0.2) is 21.9 Å². The van der Waals surface area contributed by atoms with Crippen LogP contribution in [-0.2, 0) is 10.0 Å². The van der Waals surface area contributed by atoms with Crippen molar-refractivity contribution in [3.63, 3.8) is 0 Å². The van der Waals surface area contributed by atoms with Gasteiger partial charge in [0.2, 0.25) is 10.0 Å². The molecule has 1 aromatic carbocycles. The number of halogens is 2. The Bertz CT molecular complexity index is 706. The molecule has 7 heteroatoms. The molecule has 0 fully saturated rings. The van der Waals surface area contributed by atoms with Gasteiger partial charge in [-0.1, -0.05) is 6.07 Å². The molecule has 0 amide bonds. The second-order valence-electron chi connectivity index (χ2n) is 4.17. The van der Waals surface area contributed by atoms with Crippen molar-refractivity contribution in [2.24, 2.45) is 0 Å². The number of aromatic nitrogens is 1. The average molecular weight is 298 g/mol. The van der Waals surface area contributed by atoms with E-state index in [-0.39, 0.29) is 0 Å². The topological polar surface area (TPSA) is 59.1 Å². The van der Waals surface area contributed by atoms with Gasteiger partial charge in [0.15, 0.2) is 0 Å². The van der Waals surface area contributed by atoms with E-state index in [4.69, 9.17) is 0 Å². The van der Waals surface area contributed by atoms with Gasteiger partial charge in [0.1, 0.15) is 16.5 Å². The largest absolute Gasteiger partial charge is 0.260 e. The van der Waals surface area contributed by atoms with E-state index < -0.39 is 32.6 Å². The summed E-state index contributed by atoms with van der Waals surface area (Å²) in [5, 5.41) is 0. The molecule has 4 nitrogen and oxygen atoms in total. The molecular weight excluding hydrogens is 286 g/mol. The Hall–Kier alpha value is -1.86. The summed E-state index contributed by atoms with van der Waals surface area (Å²) in [6.07, 6.45) is 1.52. The lowest BCUT2D eigenvalue weighted by molar-refractivity contribution is 0.536. The first-order valence-corrected chi connectivity index (χ1v) is 7.27. The second-order valence-corrected chi connectivity index (χ2v) is 5.85. The highest BCUT2D eigenvalue weighted by molar-refractivity contribution is 7.89. The molecule has 0 radical (unpaired) electrons. The summed E-state index contributed by atoms with van der Waals surface area (Å²) < 4.78 is 52.9. The molecule has 2 aromatic rings. The lowest BCUT2D eigenvalue weighted by Gasteiger charge is -2.14. The van der Waals surface area contributed by atoms with Crippen LogP contribution in [-0.4, -0.2) is 13.4 Å². The predicted octanol–water partition coefficient (Wildman–Crippen LogP) is 2.40.